The Morgan fingerprint density at radius 1 is 1.53 bits per heavy atom. The van der Waals surface area contributed by atoms with Crippen molar-refractivity contribution < 1.29 is 14.7 Å². The summed E-state index contributed by atoms with van der Waals surface area (Å²) in [4.78, 5) is 37.9. The van der Waals surface area contributed by atoms with Gasteiger partial charge < -0.3 is 15.0 Å². The number of amides is 1. The Morgan fingerprint density at radius 3 is 2.65 bits per heavy atom. The van der Waals surface area contributed by atoms with Gasteiger partial charge in [-0.1, -0.05) is 6.92 Å². The van der Waals surface area contributed by atoms with Crippen LogP contribution >= 0.6 is 0 Å². The number of H-pyrrole nitrogens is 1. The second-order valence-corrected chi connectivity index (χ2v) is 3.60. The van der Waals surface area contributed by atoms with Crippen LogP contribution in [0, 0.1) is 0 Å². The molecule has 1 aromatic rings. The Hall–Kier alpha value is -2.11. The zero-order chi connectivity index (χ0) is 13.0. The number of likely N-dealkylation sites (N-methyl/N-ethyl adjacent to an activating group) is 1. The van der Waals surface area contributed by atoms with Crippen LogP contribution in [0.25, 0.3) is 0 Å². The molecule has 0 saturated carbocycles. The largest absolute Gasteiger partial charge is 0.480 e. The number of aliphatic carboxylic acids is 1. The molecule has 1 unspecified atom stereocenters. The fourth-order valence-electron chi connectivity index (χ4n) is 1.53. The summed E-state index contributed by atoms with van der Waals surface area (Å²) in [5.41, 5.74) is -0.490. The van der Waals surface area contributed by atoms with Crippen molar-refractivity contribution in [1.82, 2.24) is 9.88 Å². The van der Waals surface area contributed by atoms with Gasteiger partial charge in [-0.05, 0) is 6.42 Å². The number of hydrogen-bond acceptors (Lipinski definition) is 3. The van der Waals surface area contributed by atoms with Gasteiger partial charge in [0.2, 0.25) is 0 Å². The van der Waals surface area contributed by atoms with E-state index in [9.17, 15) is 14.4 Å². The molecular formula is C11H14N2O4. The molecule has 0 spiro atoms. The van der Waals surface area contributed by atoms with Gasteiger partial charge in [-0.2, -0.15) is 0 Å². The number of aromatic nitrogens is 1. The number of pyridine rings is 1. The van der Waals surface area contributed by atoms with Gasteiger partial charge in [0.25, 0.3) is 5.91 Å². The fraction of sp³-hybridized carbons (Fsp3) is 0.364. The van der Waals surface area contributed by atoms with Gasteiger partial charge in [-0.15, -0.1) is 0 Å². The zero-order valence-corrected chi connectivity index (χ0v) is 9.64. The molecule has 6 heteroatoms. The monoisotopic (exact) mass is 238 g/mol. The summed E-state index contributed by atoms with van der Waals surface area (Å²) < 4.78 is 0. The molecule has 92 valence electrons. The van der Waals surface area contributed by atoms with E-state index >= 15 is 0 Å². The first-order valence-electron chi connectivity index (χ1n) is 5.16. The third-order valence-electron chi connectivity index (χ3n) is 2.51. The number of rotatable bonds is 4. The van der Waals surface area contributed by atoms with E-state index in [0.29, 0.717) is 0 Å². The van der Waals surface area contributed by atoms with Crippen molar-refractivity contribution in [2.45, 2.75) is 19.4 Å². The molecule has 0 aliphatic rings. The molecule has 2 N–H and O–H groups in total. The lowest BCUT2D eigenvalue weighted by Gasteiger charge is -2.23. The number of carboxylic acids is 1. The van der Waals surface area contributed by atoms with Crippen molar-refractivity contribution in [2.75, 3.05) is 7.05 Å². The van der Waals surface area contributed by atoms with Crippen LogP contribution in [0.4, 0.5) is 0 Å². The van der Waals surface area contributed by atoms with Gasteiger partial charge in [0.05, 0.1) is 0 Å². The maximum absolute atomic E-state index is 11.9. The fourth-order valence-corrected chi connectivity index (χ4v) is 1.53. The van der Waals surface area contributed by atoms with Crippen LogP contribution in [0.1, 0.15) is 23.7 Å². The average molecular weight is 238 g/mol. The zero-order valence-electron chi connectivity index (χ0n) is 9.64. The predicted molar refractivity (Wildman–Crippen MR) is 60.9 cm³/mol. The number of carboxylic acid groups (broad SMARTS) is 1. The van der Waals surface area contributed by atoms with Gasteiger partial charge in [-0.25, -0.2) is 4.79 Å². The molecule has 1 rings (SSSR count). The number of hydrogen-bond donors (Lipinski definition) is 2. The van der Waals surface area contributed by atoms with Crippen molar-refractivity contribution >= 4 is 11.9 Å². The summed E-state index contributed by atoms with van der Waals surface area (Å²) in [6, 6.07) is 0.296. The van der Waals surface area contributed by atoms with Gasteiger partial charge in [0.1, 0.15) is 11.6 Å². The van der Waals surface area contributed by atoms with E-state index in [2.05, 4.69) is 4.98 Å². The molecule has 0 aliphatic carbocycles. The van der Waals surface area contributed by atoms with Crippen molar-refractivity contribution in [1.29, 1.82) is 0 Å². The van der Waals surface area contributed by atoms with Crippen LogP contribution in [0.3, 0.4) is 0 Å². The minimum Gasteiger partial charge on any atom is -0.480 e. The SMILES string of the molecule is CCC(C(=O)O)N(C)C(=O)c1c[nH]ccc1=O. The van der Waals surface area contributed by atoms with Crippen molar-refractivity contribution in [2.24, 2.45) is 0 Å². The smallest absolute Gasteiger partial charge is 0.326 e. The maximum atomic E-state index is 11.9. The molecule has 1 amide bonds. The topological polar surface area (TPSA) is 90.5 Å². The molecule has 0 aromatic carbocycles. The average Bonchev–Trinajstić information content (AvgIpc) is 2.29. The Morgan fingerprint density at radius 2 is 2.18 bits per heavy atom. The van der Waals surface area contributed by atoms with Gasteiger partial charge in [0.15, 0.2) is 5.43 Å². The highest BCUT2D eigenvalue weighted by molar-refractivity contribution is 5.96. The Labute approximate surface area is 97.9 Å². The lowest BCUT2D eigenvalue weighted by atomic mass is 10.1. The third-order valence-corrected chi connectivity index (χ3v) is 2.51. The lowest BCUT2D eigenvalue weighted by Crippen LogP contribution is -2.43. The first kappa shape index (κ1) is 13.0. The summed E-state index contributed by atoms with van der Waals surface area (Å²) in [6.45, 7) is 1.66. The maximum Gasteiger partial charge on any atom is 0.326 e. The first-order valence-corrected chi connectivity index (χ1v) is 5.16. The second kappa shape index (κ2) is 5.29. The predicted octanol–water partition coefficient (Wildman–Crippen LogP) is 0.310. The Kier molecular flexibility index (Phi) is 4.03. The number of nitrogens with zero attached hydrogens (tertiary/aromatic N) is 1. The van der Waals surface area contributed by atoms with Gasteiger partial charge in [0, 0.05) is 25.5 Å². The van der Waals surface area contributed by atoms with Crippen molar-refractivity contribution in [3.63, 3.8) is 0 Å². The summed E-state index contributed by atoms with van der Waals surface area (Å²) in [5.74, 6) is -1.68. The van der Waals surface area contributed by atoms with E-state index in [1.807, 2.05) is 0 Å². The van der Waals surface area contributed by atoms with Gasteiger partial charge >= 0.3 is 5.97 Å². The van der Waals surface area contributed by atoms with Gasteiger partial charge in [-0.3, -0.25) is 9.59 Å². The molecule has 1 aromatic heterocycles. The Bertz CT molecular complexity index is 480. The number of nitrogens with one attached hydrogen (secondary N) is 1. The van der Waals surface area contributed by atoms with Crippen LogP contribution in [-0.2, 0) is 4.79 Å². The standard InChI is InChI=1S/C11H14N2O4/c1-3-8(11(16)17)13(2)10(15)7-6-12-5-4-9(7)14/h4-6,8H,3H2,1-2H3,(H,12,14)(H,16,17). The van der Waals surface area contributed by atoms with Crippen LogP contribution in [0.15, 0.2) is 23.3 Å². The minimum atomic E-state index is -1.09. The van der Waals surface area contributed by atoms with E-state index in [1.54, 1.807) is 6.92 Å². The highest BCUT2D eigenvalue weighted by atomic mass is 16.4. The van der Waals surface area contributed by atoms with Crippen LogP contribution in [0.5, 0.6) is 0 Å². The molecule has 6 nitrogen and oxygen atoms in total. The van der Waals surface area contributed by atoms with E-state index in [1.165, 1.54) is 25.5 Å². The molecule has 0 saturated heterocycles. The van der Waals surface area contributed by atoms with E-state index in [-0.39, 0.29) is 12.0 Å². The molecule has 17 heavy (non-hydrogen) atoms. The molecule has 1 heterocycles. The molecular weight excluding hydrogens is 224 g/mol. The quantitative estimate of drug-likeness (QED) is 0.789. The minimum absolute atomic E-state index is 0.0605. The van der Waals surface area contributed by atoms with Crippen LogP contribution in [0.2, 0.25) is 0 Å². The molecule has 0 radical (unpaired) electrons. The molecule has 0 fully saturated rings. The van der Waals surface area contributed by atoms with E-state index in [0.717, 1.165) is 4.90 Å². The van der Waals surface area contributed by atoms with Crippen molar-refractivity contribution in [3.8, 4) is 0 Å². The van der Waals surface area contributed by atoms with E-state index in [4.69, 9.17) is 5.11 Å². The highest BCUT2D eigenvalue weighted by Gasteiger charge is 2.26. The number of aromatic amines is 1. The van der Waals surface area contributed by atoms with Crippen LogP contribution < -0.4 is 5.43 Å². The lowest BCUT2D eigenvalue weighted by molar-refractivity contribution is -0.142. The molecule has 0 bridgehead atoms. The van der Waals surface area contributed by atoms with Crippen LogP contribution in [-0.4, -0.2) is 40.0 Å². The van der Waals surface area contributed by atoms with Crippen molar-refractivity contribution in [3.05, 3.63) is 34.2 Å². The molecule has 1 atom stereocenters. The molecule has 0 aliphatic heterocycles. The Balaban J connectivity index is 3.02. The summed E-state index contributed by atoms with van der Waals surface area (Å²) in [7, 11) is 1.37. The third kappa shape index (κ3) is 2.72. The first-order chi connectivity index (χ1) is 7.99. The number of carbonyl (C=O) groups excluding carboxylic acids is 1. The summed E-state index contributed by atoms with van der Waals surface area (Å²) in [6.07, 6.45) is 2.96. The second-order valence-electron chi connectivity index (χ2n) is 3.60. The number of carbonyl (C=O) groups is 2. The van der Waals surface area contributed by atoms with E-state index < -0.39 is 23.3 Å². The summed E-state index contributed by atoms with van der Waals surface area (Å²) >= 11 is 0. The summed E-state index contributed by atoms with van der Waals surface area (Å²) in [5, 5.41) is 8.93. The normalized spacial score (nSPS) is 11.9. The highest BCUT2D eigenvalue weighted by Crippen LogP contribution is 2.06.